The summed E-state index contributed by atoms with van der Waals surface area (Å²) in [4.78, 5) is 23.6. The maximum atomic E-state index is 12.1. The van der Waals surface area contributed by atoms with Crippen LogP contribution in [0.5, 0.6) is 11.5 Å². The van der Waals surface area contributed by atoms with Gasteiger partial charge in [-0.2, -0.15) is 0 Å². The summed E-state index contributed by atoms with van der Waals surface area (Å²) in [6.45, 7) is 1.71. The molecule has 0 aliphatic carbocycles. The van der Waals surface area contributed by atoms with Crippen LogP contribution < -0.4 is 14.8 Å². The van der Waals surface area contributed by atoms with Crippen LogP contribution in [0.2, 0.25) is 0 Å². The fraction of sp³-hybridized carbons (Fsp3) is 0.263. The lowest BCUT2D eigenvalue weighted by atomic mass is 10.1. The van der Waals surface area contributed by atoms with E-state index in [2.05, 4.69) is 10.1 Å². The Morgan fingerprint density at radius 1 is 1.08 bits per heavy atom. The lowest BCUT2D eigenvalue weighted by Crippen LogP contribution is -2.31. The lowest BCUT2D eigenvalue weighted by Gasteiger charge is -2.17. The topological polar surface area (TPSA) is 73.9 Å². The normalized spacial score (nSPS) is 11.3. The Labute approximate surface area is 146 Å². The van der Waals surface area contributed by atoms with E-state index < -0.39 is 5.97 Å². The first kappa shape index (κ1) is 18.3. The zero-order valence-corrected chi connectivity index (χ0v) is 14.4. The molecule has 0 heterocycles. The number of hydrogen-bond donors (Lipinski definition) is 1. The standard InChI is InChI=1S/C19H21NO5/c1-13(16-9-4-5-10-17(16)23-2)20-18(21)12-25-15-8-6-7-14(11-15)19(22)24-3/h4-11,13H,12H2,1-3H3,(H,20,21). The molecule has 1 amide bonds. The summed E-state index contributed by atoms with van der Waals surface area (Å²) in [6.07, 6.45) is 0. The Morgan fingerprint density at radius 2 is 1.84 bits per heavy atom. The van der Waals surface area contributed by atoms with Crippen molar-refractivity contribution in [1.82, 2.24) is 5.32 Å². The summed E-state index contributed by atoms with van der Waals surface area (Å²) in [7, 11) is 2.90. The number of nitrogens with one attached hydrogen (secondary N) is 1. The number of esters is 1. The van der Waals surface area contributed by atoms with Crippen molar-refractivity contribution < 1.29 is 23.8 Å². The van der Waals surface area contributed by atoms with E-state index in [1.165, 1.54) is 13.2 Å². The van der Waals surface area contributed by atoms with E-state index in [1.807, 2.05) is 31.2 Å². The second-order valence-corrected chi connectivity index (χ2v) is 5.34. The summed E-state index contributed by atoms with van der Waals surface area (Å²) in [5.41, 5.74) is 1.24. The van der Waals surface area contributed by atoms with E-state index in [0.717, 1.165) is 5.56 Å². The van der Waals surface area contributed by atoms with Gasteiger partial charge in [-0.05, 0) is 31.2 Å². The molecule has 1 N–H and O–H groups in total. The minimum atomic E-state index is -0.459. The summed E-state index contributed by atoms with van der Waals surface area (Å²) in [6, 6.07) is 13.7. The van der Waals surface area contributed by atoms with Crippen molar-refractivity contribution in [3.05, 3.63) is 59.7 Å². The molecule has 0 radical (unpaired) electrons. The number of benzene rings is 2. The number of para-hydroxylation sites is 1. The maximum absolute atomic E-state index is 12.1. The minimum absolute atomic E-state index is 0.163. The molecule has 0 aromatic heterocycles. The predicted molar refractivity (Wildman–Crippen MR) is 92.8 cm³/mol. The van der Waals surface area contributed by atoms with Crippen LogP contribution >= 0.6 is 0 Å². The maximum Gasteiger partial charge on any atom is 0.337 e. The number of carbonyl (C=O) groups excluding carboxylic acids is 2. The molecule has 0 bridgehead atoms. The molecule has 0 aliphatic heterocycles. The largest absolute Gasteiger partial charge is 0.496 e. The highest BCUT2D eigenvalue weighted by atomic mass is 16.5. The van der Waals surface area contributed by atoms with Crippen LogP contribution in [0.1, 0.15) is 28.9 Å². The van der Waals surface area contributed by atoms with Crippen molar-refractivity contribution in [3.8, 4) is 11.5 Å². The first-order valence-corrected chi connectivity index (χ1v) is 7.78. The van der Waals surface area contributed by atoms with Gasteiger partial charge in [0.1, 0.15) is 11.5 Å². The van der Waals surface area contributed by atoms with E-state index in [0.29, 0.717) is 17.1 Å². The van der Waals surface area contributed by atoms with Gasteiger partial charge in [0.15, 0.2) is 6.61 Å². The molecule has 6 heteroatoms. The third-order valence-electron chi connectivity index (χ3n) is 3.61. The predicted octanol–water partition coefficient (Wildman–Crippen LogP) is 2.74. The third kappa shape index (κ3) is 4.97. The zero-order chi connectivity index (χ0) is 18.2. The number of hydrogen-bond acceptors (Lipinski definition) is 5. The second-order valence-electron chi connectivity index (χ2n) is 5.34. The monoisotopic (exact) mass is 343 g/mol. The van der Waals surface area contributed by atoms with Gasteiger partial charge in [0.25, 0.3) is 5.91 Å². The molecule has 0 saturated carbocycles. The van der Waals surface area contributed by atoms with Gasteiger partial charge in [-0.15, -0.1) is 0 Å². The van der Waals surface area contributed by atoms with Crippen molar-refractivity contribution in [2.24, 2.45) is 0 Å². The van der Waals surface area contributed by atoms with Gasteiger partial charge in [0.05, 0.1) is 25.8 Å². The second kappa shape index (κ2) is 8.73. The van der Waals surface area contributed by atoms with Crippen molar-refractivity contribution in [3.63, 3.8) is 0 Å². The Bertz CT molecular complexity index is 744. The zero-order valence-electron chi connectivity index (χ0n) is 14.4. The SMILES string of the molecule is COC(=O)c1cccc(OCC(=O)NC(C)c2ccccc2OC)c1. The van der Waals surface area contributed by atoms with E-state index >= 15 is 0 Å². The van der Waals surface area contributed by atoms with Gasteiger partial charge in [0, 0.05) is 5.56 Å². The highest BCUT2D eigenvalue weighted by Crippen LogP contribution is 2.24. The van der Waals surface area contributed by atoms with Gasteiger partial charge < -0.3 is 19.5 Å². The van der Waals surface area contributed by atoms with E-state index in [-0.39, 0.29) is 18.6 Å². The van der Waals surface area contributed by atoms with Crippen LogP contribution in [0.4, 0.5) is 0 Å². The first-order valence-electron chi connectivity index (χ1n) is 7.78. The molecule has 2 rings (SSSR count). The van der Waals surface area contributed by atoms with E-state index in [1.54, 1.807) is 25.3 Å². The highest BCUT2D eigenvalue weighted by molar-refractivity contribution is 5.89. The number of ether oxygens (including phenoxy) is 3. The Morgan fingerprint density at radius 3 is 2.56 bits per heavy atom. The fourth-order valence-corrected chi connectivity index (χ4v) is 2.36. The average Bonchev–Trinajstić information content (AvgIpc) is 2.65. The number of rotatable bonds is 7. The molecule has 132 valence electrons. The van der Waals surface area contributed by atoms with Crippen LogP contribution in [-0.4, -0.2) is 32.7 Å². The molecule has 0 fully saturated rings. The fourth-order valence-electron chi connectivity index (χ4n) is 2.36. The molecule has 1 unspecified atom stereocenters. The average molecular weight is 343 g/mol. The van der Waals surface area contributed by atoms with Crippen molar-refractivity contribution in [1.29, 1.82) is 0 Å². The summed E-state index contributed by atoms with van der Waals surface area (Å²) in [5.74, 6) is 0.395. The Hall–Kier alpha value is -3.02. The summed E-state index contributed by atoms with van der Waals surface area (Å²) < 4.78 is 15.4. The summed E-state index contributed by atoms with van der Waals surface area (Å²) in [5, 5.41) is 2.85. The third-order valence-corrected chi connectivity index (χ3v) is 3.61. The smallest absolute Gasteiger partial charge is 0.337 e. The molecule has 2 aromatic carbocycles. The van der Waals surface area contributed by atoms with E-state index in [9.17, 15) is 9.59 Å². The van der Waals surface area contributed by atoms with Gasteiger partial charge >= 0.3 is 5.97 Å². The van der Waals surface area contributed by atoms with Gasteiger partial charge in [-0.3, -0.25) is 4.79 Å². The quantitative estimate of drug-likeness (QED) is 0.783. The number of carbonyl (C=O) groups is 2. The molecule has 2 aromatic rings. The minimum Gasteiger partial charge on any atom is -0.496 e. The van der Waals surface area contributed by atoms with Crippen LogP contribution in [-0.2, 0) is 9.53 Å². The summed E-state index contributed by atoms with van der Waals surface area (Å²) >= 11 is 0. The lowest BCUT2D eigenvalue weighted by molar-refractivity contribution is -0.123. The van der Waals surface area contributed by atoms with E-state index in [4.69, 9.17) is 9.47 Å². The Balaban J connectivity index is 1.93. The van der Waals surface area contributed by atoms with Gasteiger partial charge in [0.2, 0.25) is 0 Å². The van der Waals surface area contributed by atoms with Crippen LogP contribution in [0.15, 0.2) is 48.5 Å². The number of amides is 1. The van der Waals surface area contributed by atoms with Crippen LogP contribution in [0.25, 0.3) is 0 Å². The van der Waals surface area contributed by atoms with Gasteiger partial charge in [-0.1, -0.05) is 24.3 Å². The molecule has 25 heavy (non-hydrogen) atoms. The molecular weight excluding hydrogens is 322 g/mol. The number of methoxy groups -OCH3 is 2. The van der Waals surface area contributed by atoms with Crippen LogP contribution in [0.3, 0.4) is 0 Å². The Kier molecular flexibility index (Phi) is 6.39. The molecule has 6 nitrogen and oxygen atoms in total. The van der Waals surface area contributed by atoms with Crippen molar-refractivity contribution in [2.45, 2.75) is 13.0 Å². The highest BCUT2D eigenvalue weighted by Gasteiger charge is 2.14. The molecular formula is C19H21NO5. The van der Waals surface area contributed by atoms with Crippen LogP contribution in [0, 0.1) is 0 Å². The molecule has 1 atom stereocenters. The first-order chi connectivity index (χ1) is 12.0. The molecule has 0 aliphatic rings. The van der Waals surface area contributed by atoms with Crippen molar-refractivity contribution >= 4 is 11.9 Å². The molecule has 0 saturated heterocycles. The van der Waals surface area contributed by atoms with Crippen molar-refractivity contribution in [2.75, 3.05) is 20.8 Å². The van der Waals surface area contributed by atoms with Gasteiger partial charge in [-0.25, -0.2) is 4.79 Å². The molecule has 0 spiro atoms.